The van der Waals surface area contributed by atoms with Gasteiger partial charge in [0.05, 0.1) is 0 Å². The van der Waals surface area contributed by atoms with Gasteiger partial charge < -0.3 is 10.2 Å². The molecule has 0 saturated heterocycles. The summed E-state index contributed by atoms with van der Waals surface area (Å²) in [5, 5.41) is 3.44. The summed E-state index contributed by atoms with van der Waals surface area (Å²) in [5.41, 5.74) is 3.31. The number of nitrogens with zero attached hydrogens (tertiary/aromatic N) is 1. The second kappa shape index (κ2) is 7.12. The van der Waals surface area contributed by atoms with Crippen molar-refractivity contribution in [2.24, 2.45) is 5.92 Å². The summed E-state index contributed by atoms with van der Waals surface area (Å²) in [6.07, 6.45) is 5.15. The molecule has 2 aromatic carbocycles. The monoisotopic (exact) mass is 368 g/mol. The lowest BCUT2D eigenvalue weighted by Gasteiger charge is -2.21. The Balaban J connectivity index is 1.54. The third-order valence-electron chi connectivity index (χ3n) is 5.30. The van der Waals surface area contributed by atoms with E-state index in [1.54, 1.807) is 24.3 Å². The third kappa shape index (κ3) is 3.34. The predicted octanol–water partition coefficient (Wildman–Crippen LogP) is 4.67. The fraction of sp³-hybridized carbons (Fsp3) is 0.333. The van der Waals surface area contributed by atoms with Gasteiger partial charge in [-0.05, 0) is 55.2 Å². The van der Waals surface area contributed by atoms with Crippen molar-refractivity contribution in [2.75, 3.05) is 16.8 Å². The molecule has 0 aromatic heterocycles. The first kappa shape index (κ1) is 17.1. The van der Waals surface area contributed by atoms with E-state index < -0.39 is 0 Å². The molecule has 0 spiro atoms. The van der Waals surface area contributed by atoms with E-state index in [9.17, 15) is 9.59 Å². The van der Waals surface area contributed by atoms with Crippen LogP contribution in [0.25, 0.3) is 0 Å². The number of fused-ring (bicyclic) bond motifs is 1. The van der Waals surface area contributed by atoms with Gasteiger partial charge in [0.15, 0.2) is 0 Å². The van der Waals surface area contributed by atoms with E-state index >= 15 is 0 Å². The molecule has 1 heterocycles. The fourth-order valence-electron chi connectivity index (χ4n) is 3.91. The van der Waals surface area contributed by atoms with Crippen molar-refractivity contribution in [3.63, 3.8) is 0 Å². The van der Waals surface area contributed by atoms with E-state index in [2.05, 4.69) is 5.32 Å². The molecule has 2 amide bonds. The highest BCUT2D eigenvalue weighted by Gasteiger charge is 2.31. The minimum atomic E-state index is -0.209. The van der Waals surface area contributed by atoms with Gasteiger partial charge >= 0.3 is 0 Å². The molecule has 1 aliphatic carbocycles. The van der Waals surface area contributed by atoms with Crippen LogP contribution in [0.3, 0.4) is 0 Å². The minimum Gasteiger partial charge on any atom is -0.322 e. The summed E-state index contributed by atoms with van der Waals surface area (Å²) in [5.74, 6) is 0.185. The number of carbonyl (C=O) groups excluding carboxylic acids is 2. The van der Waals surface area contributed by atoms with Crippen LogP contribution in [-0.2, 0) is 11.2 Å². The predicted molar refractivity (Wildman–Crippen MR) is 104 cm³/mol. The number of nitrogens with one attached hydrogen (secondary N) is 1. The van der Waals surface area contributed by atoms with Gasteiger partial charge in [0.1, 0.15) is 0 Å². The summed E-state index contributed by atoms with van der Waals surface area (Å²) < 4.78 is 0. The molecular weight excluding hydrogens is 348 g/mol. The average molecular weight is 369 g/mol. The Morgan fingerprint density at radius 3 is 2.65 bits per heavy atom. The highest BCUT2D eigenvalue weighted by Crippen LogP contribution is 2.35. The Labute approximate surface area is 158 Å². The third-order valence-corrected chi connectivity index (χ3v) is 5.53. The minimum absolute atomic E-state index is 0.158. The lowest BCUT2D eigenvalue weighted by Crippen LogP contribution is -2.33. The van der Waals surface area contributed by atoms with Crippen LogP contribution < -0.4 is 10.2 Å². The van der Waals surface area contributed by atoms with Crippen molar-refractivity contribution in [1.82, 2.24) is 0 Å². The summed E-state index contributed by atoms with van der Waals surface area (Å²) in [6.45, 7) is 0.732. The van der Waals surface area contributed by atoms with Crippen LogP contribution in [0.5, 0.6) is 0 Å². The zero-order valence-corrected chi connectivity index (χ0v) is 15.3. The van der Waals surface area contributed by atoms with Crippen LogP contribution >= 0.6 is 11.6 Å². The van der Waals surface area contributed by atoms with Gasteiger partial charge in [-0.25, -0.2) is 0 Å². The summed E-state index contributed by atoms with van der Waals surface area (Å²) >= 11 is 5.96. The van der Waals surface area contributed by atoms with E-state index in [-0.39, 0.29) is 17.7 Å². The van der Waals surface area contributed by atoms with Crippen LogP contribution in [0, 0.1) is 5.92 Å². The Morgan fingerprint density at radius 2 is 1.88 bits per heavy atom. The number of benzene rings is 2. The molecule has 2 aliphatic rings. The van der Waals surface area contributed by atoms with E-state index in [1.807, 2.05) is 23.1 Å². The normalized spacial score (nSPS) is 16.6. The zero-order valence-electron chi connectivity index (χ0n) is 14.5. The molecule has 0 unspecified atom stereocenters. The standard InChI is InChI=1S/C21H21ClN2O2/c22-17-7-3-6-16(12-17)20(25)23-18-9-8-14-10-11-24(19(14)13-18)21(26)15-4-1-2-5-15/h3,6-9,12-13,15H,1-2,4-5,10-11H2,(H,23,25). The Kier molecular flexibility index (Phi) is 4.68. The van der Waals surface area contributed by atoms with Gasteiger partial charge in [0, 0.05) is 34.4 Å². The van der Waals surface area contributed by atoms with Crippen molar-refractivity contribution >= 4 is 34.8 Å². The molecule has 1 fully saturated rings. The molecule has 1 saturated carbocycles. The fourth-order valence-corrected chi connectivity index (χ4v) is 4.10. The second-order valence-corrected chi connectivity index (χ2v) is 7.47. The molecule has 5 heteroatoms. The molecular formula is C21H21ClN2O2. The lowest BCUT2D eigenvalue weighted by molar-refractivity contribution is -0.122. The van der Waals surface area contributed by atoms with Gasteiger partial charge in [0.2, 0.25) is 5.91 Å². The number of anilines is 2. The lowest BCUT2D eigenvalue weighted by atomic mass is 10.1. The number of halogens is 1. The molecule has 4 rings (SSSR count). The molecule has 0 radical (unpaired) electrons. The maximum absolute atomic E-state index is 12.8. The number of hydrogen-bond acceptors (Lipinski definition) is 2. The van der Waals surface area contributed by atoms with Gasteiger partial charge in [-0.3, -0.25) is 9.59 Å². The van der Waals surface area contributed by atoms with Crippen LogP contribution in [0.4, 0.5) is 11.4 Å². The van der Waals surface area contributed by atoms with Crippen molar-refractivity contribution in [2.45, 2.75) is 32.1 Å². The SMILES string of the molecule is O=C(Nc1ccc2c(c1)N(C(=O)C1CCCC1)CC2)c1cccc(Cl)c1. The van der Waals surface area contributed by atoms with Crippen LogP contribution in [-0.4, -0.2) is 18.4 Å². The van der Waals surface area contributed by atoms with Crippen molar-refractivity contribution in [3.05, 3.63) is 58.6 Å². The molecule has 4 nitrogen and oxygen atoms in total. The average Bonchev–Trinajstić information content (AvgIpc) is 3.31. The molecule has 134 valence electrons. The van der Waals surface area contributed by atoms with Crippen molar-refractivity contribution in [3.8, 4) is 0 Å². The Hall–Kier alpha value is -2.33. The van der Waals surface area contributed by atoms with E-state index in [1.165, 1.54) is 0 Å². The first-order valence-corrected chi connectivity index (χ1v) is 9.51. The van der Waals surface area contributed by atoms with Gasteiger partial charge in [0.25, 0.3) is 5.91 Å². The molecule has 26 heavy (non-hydrogen) atoms. The van der Waals surface area contributed by atoms with E-state index in [0.29, 0.717) is 16.3 Å². The van der Waals surface area contributed by atoms with Crippen LogP contribution in [0.1, 0.15) is 41.6 Å². The smallest absolute Gasteiger partial charge is 0.255 e. The topological polar surface area (TPSA) is 49.4 Å². The molecule has 0 bridgehead atoms. The van der Waals surface area contributed by atoms with Gasteiger partial charge in [-0.15, -0.1) is 0 Å². The first-order valence-electron chi connectivity index (χ1n) is 9.13. The van der Waals surface area contributed by atoms with Crippen LogP contribution in [0.15, 0.2) is 42.5 Å². The van der Waals surface area contributed by atoms with Crippen molar-refractivity contribution < 1.29 is 9.59 Å². The van der Waals surface area contributed by atoms with Crippen LogP contribution in [0.2, 0.25) is 5.02 Å². The number of amides is 2. The Bertz CT molecular complexity index is 859. The highest BCUT2D eigenvalue weighted by molar-refractivity contribution is 6.31. The van der Waals surface area contributed by atoms with E-state index in [0.717, 1.165) is 49.9 Å². The second-order valence-electron chi connectivity index (χ2n) is 7.03. The van der Waals surface area contributed by atoms with Crippen molar-refractivity contribution in [1.29, 1.82) is 0 Å². The molecule has 1 aliphatic heterocycles. The zero-order chi connectivity index (χ0) is 18.1. The van der Waals surface area contributed by atoms with Gasteiger partial charge in [-0.1, -0.05) is 36.6 Å². The number of hydrogen-bond donors (Lipinski definition) is 1. The summed E-state index contributed by atoms with van der Waals surface area (Å²) in [7, 11) is 0. The largest absolute Gasteiger partial charge is 0.322 e. The maximum Gasteiger partial charge on any atom is 0.255 e. The van der Waals surface area contributed by atoms with Gasteiger partial charge in [-0.2, -0.15) is 0 Å². The maximum atomic E-state index is 12.8. The molecule has 1 N–H and O–H groups in total. The molecule has 2 aromatic rings. The highest BCUT2D eigenvalue weighted by atomic mass is 35.5. The quantitative estimate of drug-likeness (QED) is 0.855. The number of carbonyl (C=O) groups is 2. The van der Waals surface area contributed by atoms with E-state index in [4.69, 9.17) is 11.6 Å². The Morgan fingerprint density at radius 1 is 1.08 bits per heavy atom. The first-order chi connectivity index (χ1) is 12.6. The summed E-state index contributed by atoms with van der Waals surface area (Å²) in [4.78, 5) is 27.2. The summed E-state index contributed by atoms with van der Waals surface area (Å²) in [6, 6.07) is 12.7. The molecule has 0 atom stereocenters. The number of rotatable bonds is 3.